The van der Waals surface area contributed by atoms with Gasteiger partial charge < -0.3 is 20.1 Å². The minimum Gasteiger partial charge on any atom is -0.493 e. The van der Waals surface area contributed by atoms with E-state index in [9.17, 15) is 13.2 Å². The quantitative estimate of drug-likeness (QED) is 0.282. The van der Waals surface area contributed by atoms with Crippen molar-refractivity contribution in [3.63, 3.8) is 0 Å². The van der Waals surface area contributed by atoms with Crippen molar-refractivity contribution in [3.05, 3.63) is 23.8 Å². The molecule has 1 aromatic carbocycles. The first-order valence-electron chi connectivity index (χ1n) is 9.98. The highest BCUT2D eigenvalue weighted by atomic mass is 127. The van der Waals surface area contributed by atoms with Gasteiger partial charge in [0.2, 0.25) is 0 Å². The summed E-state index contributed by atoms with van der Waals surface area (Å²) >= 11 is 0. The van der Waals surface area contributed by atoms with Gasteiger partial charge >= 0.3 is 6.18 Å². The normalized spacial score (nSPS) is 17.4. The Morgan fingerprint density at radius 1 is 1.27 bits per heavy atom. The molecule has 1 atom stereocenters. The lowest BCUT2D eigenvalue weighted by Gasteiger charge is -2.19. The van der Waals surface area contributed by atoms with Crippen molar-refractivity contribution in [3.8, 4) is 11.5 Å². The zero-order valence-electron chi connectivity index (χ0n) is 17.7. The van der Waals surface area contributed by atoms with Crippen LogP contribution < -0.4 is 20.1 Å². The second kappa shape index (κ2) is 13.1. The molecule has 1 fully saturated rings. The number of aliphatic imine (C=N–C) groups is 1. The fourth-order valence-corrected chi connectivity index (χ4v) is 3.17. The van der Waals surface area contributed by atoms with Crippen LogP contribution in [-0.2, 0) is 6.54 Å². The van der Waals surface area contributed by atoms with Crippen LogP contribution in [0.1, 0.15) is 32.3 Å². The Labute approximate surface area is 193 Å². The van der Waals surface area contributed by atoms with Gasteiger partial charge in [-0.15, -0.1) is 24.0 Å². The van der Waals surface area contributed by atoms with Gasteiger partial charge in [-0.1, -0.05) is 13.0 Å². The Balaban J connectivity index is 0.00000450. The maximum absolute atomic E-state index is 12.6. The molecule has 0 aliphatic carbocycles. The van der Waals surface area contributed by atoms with Crippen molar-refractivity contribution in [2.45, 2.75) is 45.5 Å². The van der Waals surface area contributed by atoms with Crippen LogP contribution in [0.25, 0.3) is 0 Å². The van der Waals surface area contributed by atoms with E-state index in [1.165, 1.54) is 4.90 Å². The summed E-state index contributed by atoms with van der Waals surface area (Å²) in [5.74, 6) is 1.95. The highest BCUT2D eigenvalue weighted by Gasteiger charge is 2.34. The van der Waals surface area contributed by atoms with Crippen LogP contribution in [0.15, 0.2) is 23.2 Å². The second-order valence-electron chi connectivity index (χ2n) is 7.01. The molecular formula is C20H32F3IN4O2. The Kier molecular flexibility index (Phi) is 11.6. The molecule has 1 saturated heterocycles. The Morgan fingerprint density at radius 2 is 2.03 bits per heavy atom. The smallest absolute Gasteiger partial charge is 0.401 e. The number of nitrogens with zero attached hydrogens (tertiary/aromatic N) is 2. The number of likely N-dealkylation sites (tertiary alicyclic amines) is 1. The van der Waals surface area contributed by atoms with Gasteiger partial charge in [0.15, 0.2) is 17.5 Å². The number of ether oxygens (including phenoxy) is 2. The van der Waals surface area contributed by atoms with Gasteiger partial charge in [-0.05, 0) is 37.5 Å². The van der Waals surface area contributed by atoms with Crippen molar-refractivity contribution in [2.75, 3.05) is 39.9 Å². The maximum atomic E-state index is 12.6. The zero-order chi connectivity index (χ0) is 21.3. The van der Waals surface area contributed by atoms with Crippen LogP contribution >= 0.6 is 24.0 Å². The molecular weight excluding hydrogens is 512 g/mol. The molecule has 1 unspecified atom stereocenters. The van der Waals surface area contributed by atoms with E-state index in [-0.39, 0.29) is 30.0 Å². The fraction of sp³-hybridized carbons (Fsp3) is 0.650. The zero-order valence-corrected chi connectivity index (χ0v) is 20.0. The third-order valence-corrected chi connectivity index (χ3v) is 4.47. The third kappa shape index (κ3) is 9.15. The number of benzene rings is 1. The lowest BCUT2D eigenvalue weighted by atomic mass is 10.2. The van der Waals surface area contributed by atoms with Crippen molar-refractivity contribution < 1.29 is 22.6 Å². The van der Waals surface area contributed by atoms with Crippen LogP contribution in [0.5, 0.6) is 11.5 Å². The predicted molar refractivity (Wildman–Crippen MR) is 123 cm³/mol. The molecule has 1 heterocycles. The number of hydrogen-bond donors (Lipinski definition) is 2. The van der Waals surface area contributed by atoms with Crippen molar-refractivity contribution >= 4 is 29.9 Å². The Bertz CT molecular complexity index is 674. The lowest BCUT2D eigenvalue weighted by Crippen LogP contribution is -2.45. The molecule has 1 aliphatic heterocycles. The van der Waals surface area contributed by atoms with Gasteiger partial charge in [-0.2, -0.15) is 13.2 Å². The van der Waals surface area contributed by atoms with E-state index in [1.807, 2.05) is 32.0 Å². The van der Waals surface area contributed by atoms with Crippen LogP contribution in [0.3, 0.4) is 0 Å². The first kappa shape index (κ1) is 26.6. The van der Waals surface area contributed by atoms with Gasteiger partial charge in [-0.3, -0.25) is 4.90 Å². The number of hydrogen-bond acceptors (Lipinski definition) is 4. The molecule has 2 rings (SSSR count). The van der Waals surface area contributed by atoms with Crippen molar-refractivity contribution in [1.29, 1.82) is 0 Å². The minimum absolute atomic E-state index is 0. The van der Waals surface area contributed by atoms with E-state index in [0.717, 1.165) is 12.0 Å². The number of nitrogens with one attached hydrogen (secondary N) is 2. The summed E-state index contributed by atoms with van der Waals surface area (Å²) in [6.45, 7) is 5.59. The summed E-state index contributed by atoms with van der Waals surface area (Å²) in [4.78, 5) is 5.99. The first-order chi connectivity index (χ1) is 13.8. The van der Waals surface area contributed by atoms with E-state index in [2.05, 4.69) is 15.6 Å². The van der Waals surface area contributed by atoms with Crippen LogP contribution in [0.4, 0.5) is 13.2 Å². The summed E-state index contributed by atoms with van der Waals surface area (Å²) in [5.41, 5.74) is 0.952. The van der Waals surface area contributed by atoms with Gasteiger partial charge in [0.1, 0.15) is 0 Å². The molecule has 172 valence electrons. The van der Waals surface area contributed by atoms with Crippen molar-refractivity contribution in [2.24, 2.45) is 4.99 Å². The topological polar surface area (TPSA) is 58.1 Å². The lowest BCUT2D eigenvalue weighted by molar-refractivity contribution is -0.143. The summed E-state index contributed by atoms with van der Waals surface area (Å²) in [5, 5.41) is 6.40. The highest BCUT2D eigenvalue weighted by Crippen LogP contribution is 2.28. The van der Waals surface area contributed by atoms with Crippen LogP contribution in [0, 0.1) is 0 Å². The Morgan fingerprint density at radius 3 is 2.67 bits per heavy atom. The average Bonchev–Trinajstić information content (AvgIpc) is 3.09. The molecule has 0 spiro atoms. The summed E-state index contributed by atoms with van der Waals surface area (Å²) < 4.78 is 48.8. The maximum Gasteiger partial charge on any atom is 0.401 e. The fourth-order valence-electron chi connectivity index (χ4n) is 3.17. The molecule has 2 N–H and O–H groups in total. The van der Waals surface area contributed by atoms with Gasteiger partial charge in [0.25, 0.3) is 0 Å². The largest absolute Gasteiger partial charge is 0.493 e. The van der Waals surface area contributed by atoms with E-state index in [1.54, 1.807) is 7.11 Å². The van der Waals surface area contributed by atoms with E-state index in [0.29, 0.717) is 56.7 Å². The summed E-state index contributed by atoms with van der Waals surface area (Å²) in [6.07, 6.45) is -2.61. The number of guanidine groups is 1. The molecule has 1 aromatic rings. The highest BCUT2D eigenvalue weighted by molar-refractivity contribution is 14.0. The Hall–Kier alpha value is -1.43. The number of rotatable bonds is 9. The van der Waals surface area contributed by atoms with Gasteiger partial charge in [-0.25, -0.2) is 4.99 Å². The molecule has 0 radical (unpaired) electrons. The third-order valence-electron chi connectivity index (χ3n) is 4.47. The average molecular weight is 544 g/mol. The molecule has 0 amide bonds. The predicted octanol–water partition coefficient (Wildman–Crippen LogP) is 3.79. The molecule has 1 aliphatic rings. The number of alkyl halides is 3. The van der Waals surface area contributed by atoms with Crippen molar-refractivity contribution in [1.82, 2.24) is 15.5 Å². The first-order valence-corrected chi connectivity index (χ1v) is 9.98. The van der Waals surface area contributed by atoms with Gasteiger partial charge in [0, 0.05) is 25.7 Å². The standard InChI is InChI=1S/C20H31F3N4O2.HI/c1-4-10-29-17-7-6-15(11-18(17)28-3)12-25-19(24-5-2)26-16-8-9-27(13-16)14-20(21,22)23;/h6-7,11,16H,4-5,8-10,12-14H2,1-3H3,(H2,24,25,26);1H. The second-order valence-corrected chi connectivity index (χ2v) is 7.01. The minimum atomic E-state index is -4.17. The van der Waals surface area contributed by atoms with Crippen LogP contribution in [-0.4, -0.2) is 63.0 Å². The molecule has 0 bridgehead atoms. The SMILES string of the molecule is CCCOc1ccc(CN=C(NCC)NC2CCN(CC(F)(F)F)C2)cc1OC.I. The molecule has 0 saturated carbocycles. The number of methoxy groups -OCH3 is 1. The number of halogens is 4. The van der Waals surface area contributed by atoms with E-state index >= 15 is 0 Å². The van der Waals surface area contributed by atoms with Crippen LogP contribution in [0.2, 0.25) is 0 Å². The molecule has 10 heteroatoms. The molecule has 30 heavy (non-hydrogen) atoms. The van der Waals surface area contributed by atoms with E-state index < -0.39 is 12.7 Å². The van der Waals surface area contributed by atoms with E-state index in [4.69, 9.17) is 9.47 Å². The van der Waals surface area contributed by atoms with Gasteiger partial charge in [0.05, 0.1) is 26.8 Å². The molecule has 6 nitrogen and oxygen atoms in total. The summed E-state index contributed by atoms with van der Waals surface area (Å²) in [6, 6.07) is 5.63. The molecule has 0 aromatic heterocycles. The monoisotopic (exact) mass is 544 g/mol. The summed E-state index contributed by atoms with van der Waals surface area (Å²) in [7, 11) is 1.60.